The molecule has 166 valence electrons. The van der Waals surface area contributed by atoms with E-state index in [2.05, 4.69) is 49.0 Å². The van der Waals surface area contributed by atoms with Crippen molar-refractivity contribution in [1.29, 1.82) is 0 Å². The number of hydrogen-bond donors (Lipinski definition) is 0. The maximum atomic E-state index is 13.1. The van der Waals surface area contributed by atoms with Gasteiger partial charge in [0.25, 0.3) is 0 Å². The Morgan fingerprint density at radius 1 is 0.938 bits per heavy atom. The van der Waals surface area contributed by atoms with Gasteiger partial charge in [0.05, 0.1) is 11.9 Å². The molecule has 0 bridgehead atoms. The quantitative estimate of drug-likeness (QED) is 0.617. The van der Waals surface area contributed by atoms with E-state index in [0.29, 0.717) is 12.2 Å². The second-order valence-corrected chi connectivity index (χ2v) is 8.91. The molecule has 2 fully saturated rings. The van der Waals surface area contributed by atoms with E-state index in [1.165, 1.54) is 24.1 Å². The highest BCUT2D eigenvalue weighted by atomic mass is 16.2. The van der Waals surface area contributed by atoms with Crippen LogP contribution in [0.3, 0.4) is 0 Å². The van der Waals surface area contributed by atoms with Crippen LogP contribution in [0.1, 0.15) is 31.2 Å². The molecular formula is C25H30N6O. The van der Waals surface area contributed by atoms with Crippen molar-refractivity contribution in [2.45, 2.75) is 32.2 Å². The smallest absolute Gasteiger partial charge is 0.225 e. The third-order valence-electron chi connectivity index (χ3n) is 6.72. The number of aromatic nitrogens is 3. The topological polar surface area (TPSA) is 65.5 Å². The summed E-state index contributed by atoms with van der Waals surface area (Å²) in [6.07, 6.45) is 9.48. The van der Waals surface area contributed by atoms with Crippen LogP contribution in [0.25, 0.3) is 11.2 Å². The van der Waals surface area contributed by atoms with E-state index < -0.39 is 0 Å². The van der Waals surface area contributed by atoms with Crippen molar-refractivity contribution in [3.63, 3.8) is 0 Å². The monoisotopic (exact) mass is 430 g/mol. The first-order valence-electron chi connectivity index (χ1n) is 11.6. The molecule has 2 aliphatic rings. The normalized spacial score (nSPS) is 17.2. The van der Waals surface area contributed by atoms with E-state index in [4.69, 9.17) is 0 Å². The minimum Gasteiger partial charge on any atom is -0.372 e. The molecular weight excluding hydrogens is 400 g/mol. The number of fused-ring (bicyclic) bond motifs is 1. The van der Waals surface area contributed by atoms with Crippen LogP contribution in [0.5, 0.6) is 0 Å². The van der Waals surface area contributed by atoms with Gasteiger partial charge in [-0.1, -0.05) is 12.1 Å². The Labute approximate surface area is 189 Å². The highest BCUT2D eigenvalue weighted by molar-refractivity contribution is 5.79. The average molecular weight is 431 g/mol. The lowest BCUT2D eigenvalue weighted by atomic mass is 9.95. The van der Waals surface area contributed by atoms with Crippen LogP contribution < -0.4 is 9.80 Å². The van der Waals surface area contributed by atoms with E-state index in [-0.39, 0.29) is 11.8 Å². The van der Waals surface area contributed by atoms with Gasteiger partial charge in [0, 0.05) is 63.8 Å². The number of rotatable bonds is 5. The van der Waals surface area contributed by atoms with Gasteiger partial charge < -0.3 is 14.7 Å². The number of anilines is 2. The van der Waals surface area contributed by atoms with Gasteiger partial charge in [-0.2, -0.15) is 0 Å². The number of carbonyl (C=O) groups is 1. The fraction of sp³-hybridized carbons (Fsp3) is 0.440. The molecule has 0 spiro atoms. The molecule has 1 amide bonds. The summed E-state index contributed by atoms with van der Waals surface area (Å²) in [5.41, 5.74) is 5.00. The van der Waals surface area contributed by atoms with E-state index >= 15 is 0 Å². The molecule has 0 N–H and O–H groups in total. The lowest BCUT2D eigenvalue weighted by molar-refractivity contribution is -0.135. The average Bonchev–Trinajstić information content (AvgIpc) is 3.39. The van der Waals surface area contributed by atoms with Crippen LogP contribution in [0.2, 0.25) is 0 Å². The van der Waals surface area contributed by atoms with Gasteiger partial charge >= 0.3 is 0 Å². The zero-order chi connectivity index (χ0) is 21.9. The Kier molecular flexibility index (Phi) is 5.88. The van der Waals surface area contributed by atoms with E-state index in [0.717, 1.165) is 50.2 Å². The van der Waals surface area contributed by atoms with Crippen molar-refractivity contribution in [2.24, 2.45) is 5.92 Å². The molecule has 7 nitrogen and oxygen atoms in total. The maximum absolute atomic E-state index is 13.1. The molecule has 0 saturated carbocycles. The van der Waals surface area contributed by atoms with Crippen molar-refractivity contribution in [3.8, 4) is 0 Å². The van der Waals surface area contributed by atoms with Crippen LogP contribution in [0.15, 0.2) is 48.9 Å². The van der Waals surface area contributed by atoms with Crippen LogP contribution in [0, 0.1) is 5.92 Å². The first-order chi connectivity index (χ1) is 15.7. The van der Waals surface area contributed by atoms with Gasteiger partial charge in [0.2, 0.25) is 5.91 Å². The molecule has 2 saturated heterocycles. The highest BCUT2D eigenvalue weighted by Gasteiger charge is 2.27. The van der Waals surface area contributed by atoms with Gasteiger partial charge in [-0.3, -0.25) is 9.78 Å². The highest BCUT2D eigenvalue weighted by Crippen LogP contribution is 2.26. The van der Waals surface area contributed by atoms with Gasteiger partial charge in [-0.15, -0.1) is 0 Å². The number of nitrogens with zero attached hydrogens (tertiary/aromatic N) is 6. The van der Waals surface area contributed by atoms with Crippen molar-refractivity contribution >= 4 is 28.4 Å². The predicted octanol–water partition coefficient (Wildman–Crippen LogP) is 3.50. The Morgan fingerprint density at radius 2 is 1.62 bits per heavy atom. The number of amides is 1. The summed E-state index contributed by atoms with van der Waals surface area (Å²) in [6, 6.07) is 10.7. The van der Waals surface area contributed by atoms with Gasteiger partial charge in [-0.05, 0) is 49.4 Å². The molecule has 0 atom stereocenters. The van der Waals surface area contributed by atoms with Crippen LogP contribution >= 0.6 is 0 Å². The molecule has 1 aromatic carbocycles. The van der Waals surface area contributed by atoms with Crippen molar-refractivity contribution in [3.05, 3.63) is 54.5 Å². The Hall–Kier alpha value is -3.22. The molecule has 2 aromatic heterocycles. The van der Waals surface area contributed by atoms with Crippen molar-refractivity contribution in [2.75, 3.05) is 43.0 Å². The fourth-order valence-electron chi connectivity index (χ4n) is 4.86. The summed E-state index contributed by atoms with van der Waals surface area (Å²) in [5, 5.41) is 0. The van der Waals surface area contributed by atoms with Crippen LogP contribution in [-0.4, -0.2) is 59.0 Å². The van der Waals surface area contributed by atoms with E-state index in [1.54, 1.807) is 12.4 Å². The number of pyridine rings is 1. The van der Waals surface area contributed by atoms with Gasteiger partial charge in [0.15, 0.2) is 5.65 Å². The molecule has 0 unspecified atom stereocenters. The second-order valence-electron chi connectivity index (χ2n) is 8.91. The Balaban J connectivity index is 1.15. The predicted molar refractivity (Wildman–Crippen MR) is 127 cm³/mol. The largest absolute Gasteiger partial charge is 0.372 e. The molecule has 3 aromatic rings. The molecule has 0 aliphatic carbocycles. The first-order valence-corrected chi connectivity index (χ1v) is 11.6. The lowest BCUT2D eigenvalue weighted by Crippen LogP contribution is -2.41. The maximum Gasteiger partial charge on any atom is 0.225 e. The third kappa shape index (κ3) is 4.38. The number of benzene rings is 1. The summed E-state index contributed by atoms with van der Waals surface area (Å²) in [4.78, 5) is 32.7. The number of hydrogen-bond acceptors (Lipinski definition) is 6. The standard InChI is InChI=1S/C25H30N6O/c1-29(18-19-4-6-21(7-5-19)30-12-2-3-13-30)25(32)20-8-14-31(15-9-20)22-16-23-24(28-17-22)27-11-10-26-23/h4-7,10-11,16-17,20H,2-3,8-9,12-15,18H2,1H3. The van der Waals surface area contributed by atoms with Crippen molar-refractivity contribution < 1.29 is 4.79 Å². The van der Waals surface area contributed by atoms with Crippen LogP contribution in [-0.2, 0) is 11.3 Å². The minimum atomic E-state index is 0.0772. The molecule has 2 aliphatic heterocycles. The Bertz CT molecular complexity index is 1070. The molecule has 7 heteroatoms. The zero-order valence-corrected chi connectivity index (χ0v) is 18.7. The summed E-state index contributed by atoms with van der Waals surface area (Å²) in [6.45, 7) is 4.66. The van der Waals surface area contributed by atoms with E-state index in [1.807, 2.05) is 24.2 Å². The lowest BCUT2D eigenvalue weighted by Gasteiger charge is -2.34. The summed E-state index contributed by atoms with van der Waals surface area (Å²) in [5.74, 6) is 0.323. The van der Waals surface area contributed by atoms with Gasteiger partial charge in [0.1, 0.15) is 5.52 Å². The summed E-state index contributed by atoms with van der Waals surface area (Å²) < 4.78 is 0. The van der Waals surface area contributed by atoms with Crippen molar-refractivity contribution in [1.82, 2.24) is 19.9 Å². The molecule has 4 heterocycles. The van der Waals surface area contributed by atoms with Gasteiger partial charge in [-0.25, -0.2) is 9.97 Å². The number of carbonyl (C=O) groups excluding carboxylic acids is 1. The molecule has 5 rings (SSSR count). The Morgan fingerprint density at radius 3 is 2.38 bits per heavy atom. The summed E-state index contributed by atoms with van der Waals surface area (Å²) >= 11 is 0. The fourth-order valence-corrected chi connectivity index (χ4v) is 4.86. The molecule has 0 radical (unpaired) electrons. The first kappa shape index (κ1) is 20.7. The molecule has 32 heavy (non-hydrogen) atoms. The zero-order valence-electron chi connectivity index (χ0n) is 18.7. The third-order valence-corrected chi connectivity index (χ3v) is 6.72. The summed E-state index contributed by atoms with van der Waals surface area (Å²) in [7, 11) is 1.93. The van der Waals surface area contributed by atoms with E-state index in [9.17, 15) is 4.79 Å². The second kappa shape index (κ2) is 9.10. The number of piperidine rings is 1. The SMILES string of the molecule is CN(Cc1ccc(N2CCCC2)cc1)C(=O)C1CCN(c2cnc3nccnc3c2)CC1. The minimum absolute atomic E-state index is 0.0772. The van der Waals surface area contributed by atoms with Crippen LogP contribution in [0.4, 0.5) is 11.4 Å².